The summed E-state index contributed by atoms with van der Waals surface area (Å²) in [5, 5.41) is 2.69. The number of anilines is 1. The predicted octanol–water partition coefficient (Wildman–Crippen LogP) is 5.86. The third-order valence-electron chi connectivity index (χ3n) is 7.86. The number of thioether (sulfide) groups is 2. The van der Waals surface area contributed by atoms with Gasteiger partial charge in [-0.3, -0.25) is 0 Å². The first-order valence-electron chi connectivity index (χ1n) is 13.6. The maximum Gasteiger partial charge on any atom is 0.263 e. The molecule has 0 saturated carbocycles. The standard InChI is InChI=1S/C32H35N2OS3.HI/c1-5-33-25-9-7-8-10-28(25)37-31(33)17-21-11-13-23-14-12-22(16-24(23)15-21)18-32-34(6-2)26-19-27(35-3)30(36-4)20-29(26)38-32;/h7-10,15-20,23H,5-6,11-14H2,1-4H3;1H/q+1;/p-1. The van der Waals surface area contributed by atoms with Crippen LogP contribution < -0.4 is 38.2 Å². The Kier molecular flexibility index (Phi) is 9.21. The van der Waals surface area contributed by atoms with Gasteiger partial charge in [-0.15, -0.1) is 11.8 Å². The van der Waals surface area contributed by atoms with Crippen molar-refractivity contribution >= 4 is 56.8 Å². The molecule has 1 atom stereocenters. The van der Waals surface area contributed by atoms with Crippen LogP contribution in [-0.4, -0.2) is 19.9 Å². The van der Waals surface area contributed by atoms with Crippen LogP contribution in [0.1, 0.15) is 44.5 Å². The average molecular weight is 687 g/mol. The Morgan fingerprint density at radius 2 is 1.92 bits per heavy atom. The van der Waals surface area contributed by atoms with Crippen LogP contribution in [0.5, 0.6) is 5.75 Å². The molecule has 1 aliphatic heterocycles. The van der Waals surface area contributed by atoms with Crippen molar-refractivity contribution < 1.29 is 33.3 Å². The zero-order chi connectivity index (χ0) is 26.2. The summed E-state index contributed by atoms with van der Waals surface area (Å²) in [6.45, 7) is 6.43. The fraction of sp³-hybridized carbons (Fsp3) is 0.344. The van der Waals surface area contributed by atoms with Crippen molar-refractivity contribution in [3.8, 4) is 5.75 Å². The number of allylic oxidation sites excluding steroid dienone is 6. The second-order valence-electron chi connectivity index (χ2n) is 10.0. The number of nitrogens with zero attached hydrogens (tertiary/aromatic N) is 2. The maximum atomic E-state index is 5.68. The molecule has 2 heterocycles. The van der Waals surface area contributed by atoms with Crippen molar-refractivity contribution in [2.75, 3.05) is 24.8 Å². The van der Waals surface area contributed by atoms with E-state index in [1.165, 1.54) is 71.7 Å². The summed E-state index contributed by atoms with van der Waals surface area (Å²) in [6, 6.07) is 13.3. The van der Waals surface area contributed by atoms with E-state index in [0.717, 1.165) is 25.3 Å². The van der Waals surface area contributed by atoms with Gasteiger partial charge >= 0.3 is 0 Å². The number of para-hydroxylation sites is 1. The van der Waals surface area contributed by atoms with E-state index in [9.17, 15) is 0 Å². The molecule has 0 amide bonds. The molecular weight excluding hydrogens is 651 g/mol. The fourth-order valence-corrected chi connectivity index (χ4v) is 8.98. The van der Waals surface area contributed by atoms with Gasteiger partial charge in [0.05, 0.1) is 22.7 Å². The van der Waals surface area contributed by atoms with Crippen LogP contribution in [0.25, 0.3) is 16.3 Å². The quantitative estimate of drug-likeness (QED) is 0.184. The number of methoxy groups -OCH3 is 1. The average Bonchev–Trinajstić information content (AvgIpc) is 3.47. The Balaban J connectivity index is 0.00000308. The molecule has 39 heavy (non-hydrogen) atoms. The van der Waals surface area contributed by atoms with Crippen LogP contribution in [0.2, 0.25) is 0 Å². The predicted molar refractivity (Wildman–Crippen MR) is 166 cm³/mol. The monoisotopic (exact) mass is 686 g/mol. The number of halogens is 1. The lowest BCUT2D eigenvalue weighted by Crippen LogP contribution is -3.00. The van der Waals surface area contributed by atoms with E-state index in [-0.39, 0.29) is 24.0 Å². The van der Waals surface area contributed by atoms with E-state index in [1.54, 1.807) is 18.9 Å². The summed E-state index contributed by atoms with van der Waals surface area (Å²) < 4.78 is 9.50. The number of aromatic nitrogens is 1. The zero-order valence-electron chi connectivity index (χ0n) is 23.0. The molecule has 1 unspecified atom stereocenters. The summed E-state index contributed by atoms with van der Waals surface area (Å²) in [5.41, 5.74) is 7.04. The van der Waals surface area contributed by atoms with Crippen molar-refractivity contribution in [1.82, 2.24) is 0 Å². The molecule has 204 valence electrons. The number of ether oxygens (including phenoxy) is 1. The molecule has 0 N–H and O–H groups in total. The topological polar surface area (TPSA) is 16.4 Å². The van der Waals surface area contributed by atoms with Crippen LogP contribution in [0.4, 0.5) is 5.69 Å². The molecular formula is C32H35IN2OS3. The molecule has 3 nitrogen and oxygen atoms in total. The Hall–Kier alpha value is -1.68. The number of hydrogen-bond acceptors (Lipinski definition) is 5. The number of rotatable bonds is 6. The van der Waals surface area contributed by atoms with Gasteiger partial charge in [0.25, 0.3) is 5.01 Å². The Labute approximate surface area is 262 Å². The van der Waals surface area contributed by atoms with E-state index in [1.807, 2.05) is 23.1 Å². The minimum absolute atomic E-state index is 0. The highest BCUT2D eigenvalue weighted by molar-refractivity contribution is 8.03. The van der Waals surface area contributed by atoms with Crippen molar-refractivity contribution in [3.63, 3.8) is 0 Å². The molecule has 3 aliphatic rings. The molecule has 6 rings (SSSR count). The lowest BCUT2D eigenvalue weighted by atomic mass is 9.77. The fourth-order valence-electron chi connectivity index (χ4n) is 5.90. The number of thiazole rings is 1. The molecule has 0 spiro atoms. The summed E-state index contributed by atoms with van der Waals surface area (Å²) in [6.07, 6.45) is 16.8. The van der Waals surface area contributed by atoms with Crippen LogP contribution >= 0.6 is 34.9 Å². The Bertz CT molecular complexity index is 1520. The van der Waals surface area contributed by atoms with E-state index < -0.39 is 0 Å². The lowest BCUT2D eigenvalue weighted by Gasteiger charge is -2.28. The minimum atomic E-state index is 0. The first-order valence-corrected chi connectivity index (χ1v) is 16.4. The molecule has 2 aliphatic carbocycles. The number of benzene rings is 2. The van der Waals surface area contributed by atoms with Crippen molar-refractivity contribution in [3.05, 3.63) is 81.4 Å². The first kappa shape index (κ1) is 28.8. The van der Waals surface area contributed by atoms with Gasteiger partial charge in [-0.1, -0.05) is 47.4 Å². The highest BCUT2D eigenvalue weighted by Crippen LogP contribution is 2.50. The smallest absolute Gasteiger partial charge is 0.263 e. The summed E-state index contributed by atoms with van der Waals surface area (Å²) >= 11 is 5.55. The zero-order valence-corrected chi connectivity index (χ0v) is 27.6. The van der Waals surface area contributed by atoms with Crippen molar-refractivity contribution in [2.45, 2.75) is 55.9 Å². The third kappa shape index (κ3) is 5.61. The van der Waals surface area contributed by atoms with Crippen molar-refractivity contribution in [2.24, 2.45) is 5.92 Å². The SMILES string of the molecule is CCN1/C(=C/C2=CC3=C/C(=C/c4sc5ccccc5[n+]4CC)CCC3CC2)Sc2cc(SC)c(OC)cc21.[I-]. The Morgan fingerprint density at radius 3 is 2.69 bits per heavy atom. The molecule has 2 aromatic carbocycles. The number of fused-ring (bicyclic) bond motifs is 3. The van der Waals surface area contributed by atoms with Gasteiger partial charge in [-0.25, -0.2) is 0 Å². The van der Waals surface area contributed by atoms with E-state index in [4.69, 9.17) is 4.74 Å². The second-order valence-corrected chi connectivity index (χ2v) is 13.0. The van der Waals surface area contributed by atoms with Crippen LogP contribution in [0, 0.1) is 5.92 Å². The van der Waals surface area contributed by atoms with E-state index in [0.29, 0.717) is 5.92 Å². The van der Waals surface area contributed by atoms with E-state index in [2.05, 4.69) is 90.3 Å². The normalized spacial score (nSPS) is 20.5. The number of hydrogen-bond donors (Lipinski definition) is 0. The first-order chi connectivity index (χ1) is 18.6. The lowest BCUT2D eigenvalue weighted by molar-refractivity contribution is -0.665. The molecule has 7 heteroatoms. The van der Waals surface area contributed by atoms with Gasteiger partial charge in [0.15, 0.2) is 0 Å². The van der Waals surface area contributed by atoms with Crippen LogP contribution in [-0.2, 0) is 6.54 Å². The minimum Gasteiger partial charge on any atom is -1.00 e. The third-order valence-corrected chi connectivity index (χ3v) is 10.8. The highest BCUT2D eigenvalue weighted by Gasteiger charge is 2.28. The van der Waals surface area contributed by atoms with Crippen LogP contribution in [0.15, 0.2) is 86.2 Å². The molecule has 3 aromatic rings. The maximum absolute atomic E-state index is 5.68. The molecule has 0 radical (unpaired) electrons. The summed E-state index contributed by atoms with van der Waals surface area (Å²) in [4.78, 5) is 4.96. The van der Waals surface area contributed by atoms with E-state index >= 15 is 0 Å². The van der Waals surface area contributed by atoms with Gasteiger partial charge < -0.3 is 33.6 Å². The van der Waals surface area contributed by atoms with Gasteiger partial charge in [0, 0.05) is 29.6 Å². The van der Waals surface area contributed by atoms with Gasteiger partial charge in [0.1, 0.15) is 17.0 Å². The summed E-state index contributed by atoms with van der Waals surface area (Å²) in [5.74, 6) is 1.66. The van der Waals surface area contributed by atoms with Gasteiger partial charge in [0.2, 0.25) is 5.52 Å². The Morgan fingerprint density at radius 1 is 1.10 bits per heavy atom. The second kappa shape index (κ2) is 12.5. The van der Waals surface area contributed by atoms with Crippen molar-refractivity contribution in [1.29, 1.82) is 0 Å². The molecule has 1 aromatic heterocycles. The van der Waals surface area contributed by atoms with Gasteiger partial charge in [-0.2, -0.15) is 4.57 Å². The molecule has 0 fully saturated rings. The largest absolute Gasteiger partial charge is 1.00 e. The van der Waals surface area contributed by atoms with Crippen LogP contribution in [0.3, 0.4) is 0 Å². The summed E-state index contributed by atoms with van der Waals surface area (Å²) in [7, 11) is 1.77. The molecule has 0 saturated heterocycles. The highest BCUT2D eigenvalue weighted by atomic mass is 127. The number of aryl methyl sites for hydroxylation is 1. The van der Waals surface area contributed by atoms with Gasteiger partial charge in [-0.05, 0) is 86.6 Å². The molecule has 0 bridgehead atoms.